The molecule has 0 fully saturated rings. The van der Waals surface area contributed by atoms with E-state index in [1.54, 1.807) is 25.8 Å². The lowest BCUT2D eigenvalue weighted by Crippen LogP contribution is -2.47. The van der Waals surface area contributed by atoms with Crippen LogP contribution >= 0.6 is 0 Å². The van der Waals surface area contributed by atoms with Crippen molar-refractivity contribution in [3.63, 3.8) is 0 Å². The molecule has 0 aromatic heterocycles. The second-order valence-corrected chi connectivity index (χ2v) is 4.97. The summed E-state index contributed by atoms with van der Waals surface area (Å²) in [5.74, 6) is -0.479. The lowest BCUT2D eigenvalue weighted by molar-refractivity contribution is -0.385. The summed E-state index contributed by atoms with van der Waals surface area (Å²) in [4.78, 5) is 23.1. The first-order chi connectivity index (χ1) is 9.20. The number of non-ortho nitro benzene ring substituents is 1. The topological polar surface area (TPSA) is 92.9 Å². The third kappa shape index (κ3) is 3.24. The molecule has 0 amide bonds. The number of likely N-dealkylation sites (N-methyl/N-ethyl adjacent to an activating group) is 1. The molecule has 0 aliphatic rings. The van der Waals surface area contributed by atoms with Gasteiger partial charge in [0.2, 0.25) is 0 Å². The van der Waals surface area contributed by atoms with Gasteiger partial charge in [-0.25, -0.2) is 0 Å². The number of carbonyl (C=O) groups is 1. The van der Waals surface area contributed by atoms with Crippen LogP contribution in [0.5, 0.6) is 5.75 Å². The standard InChI is InChI=1S/C13H18N2O5/c1-13(2,12(16)17)14(3)8-9-7-10(15(18)19)5-6-11(9)20-4/h5-7H,8H2,1-4H3,(H,16,17). The molecule has 0 unspecified atom stereocenters. The summed E-state index contributed by atoms with van der Waals surface area (Å²) in [6, 6.07) is 4.26. The lowest BCUT2D eigenvalue weighted by Gasteiger charge is -2.31. The van der Waals surface area contributed by atoms with Crippen LogP contribution in [-0.2, 0) is 11.3 Å². The predicted molar refractivity (Wildman–Crippen MR) is 72.8 cm³/mol. The van der Waals surface area contributed by atoms with E-state index in [1.165, 1.54) is 25.3 Å². The number of methoxy groups -OCH3 is 1. The van der Waals surface area contributed by atoms with Crippen LogP contribution in [0.25, 0.3) is 0 Å². The number of carboxylic acids is 1. The van der Waals surface area contributed by atoms with Crippen LogP contribution in [0.2, 0.25) is 0 Å². The van der Waals surface area contributed by atoms with Crippen LogP contribution in [0.15, 0.2) is 18.2 Å². The molecule has 1 rings (SSSR count). The second kappa shape index (κ2) is 5.87. The van der Waals surface area contributed by atoms with Crippen LogP contribution in [0.1, 0.15) is 19.4 Å². The molecule has 0 heterocycles. The molecule has 7 nitrogen and oxygen atoms in total. The summed E-state index contributed by atoms with van der Waals surface area (Å²) in [5.41, 5.74) is -0.573. The van der Waals surface area contributed by atoms with Crippen LogP contribution in [0.4, 0.5) is 5.69 Å². The highest BCUT2D eigenvalue weighted by atomic mass is 16.6. The van der Waals surface area contributed by atoms with Gasteiger partial charge in [0.1, 0.15) is 11.3 Å². The minimum Gasteiger partial charge on any atom is -0.496 e. The summed E-state index contributed by atoms with van der Waals surface area (Å²) in [6.07, 6.45) is 0. The van der Waals surface area contributed by atoms with Gasteiger partial charge in [0.25, 0.3) is 5.69 Å². The summed E-state index contributed by atoms with van der Waals surface area (Å²) in [6.45, 7) is 3.36. The Hall–Kier alpha value is -2.15. The smallest absolute Gasteiger partial charge is 0.323 e. The van der Waals surface area contributed by atoms with Gasteiger partial charge in [-0.1, -0.05) is 0 Å². The molecule has 0 aliphatic carbocycles. The van der Waals surface area contributed by atoms with E-state index in [0.717, 1.165) is 0 Å². The molecule has 1 aromatic rings. The van der Waals surface area contributed by atoms with Crippen molar-refractivity contribution in [1.29, 1.82) is 0 Å². The lowest BCUT2D eigenvalue weighted by atomic mass is 10.0. The van der Waals surface area contributed by atoms with Crippen LogP contribution in [0.3, 0.4) is 0 Å². The molecule has 0 spiro atoms. The average molecular weight is 282 g/mol. The Balaban J connectivity index is 3.10. The quantitative estimate of drug-likeness (QED) is 0.632. The number of ether oxygens (including phenoxy) is 1. The zero-order chi connectivity index (χ0) is 15.5. The van der Waals surface area contributed by atoms with Gasteiger partial charge in [-0.3, -0.25) is 19.8 Å². The van der Waals surface area contributed by atoms with Gasteiger partial charge in [-0.15, -0.1) is 0 Å². The van der Waals surface area contributed by atoms with E-state index in [2.05, 4.69) is 0 Å². The number of carboxylic acid groups (broad SMARTS) is 1. The average Bonchev–Trinajstić information content (AvgIpc) is 2.38. The van der Waals surface area contributed by atoms with Gasteiger partial charge >= 0.3 is 5.97 Å². The van der Waals surface area contributed by atoms with Crippen molar-refractivity contribution in [2.45, 2.75) is 25.9 Å². The maximum atomic E-state index is 11.2. The van der Waals surface area contributed by atoms with Crippen molar-refractivity contribution in [3.05, 3.63) is 33.9 Å². The zero-order valence-corrected chi connectivity index (χ0v) is 11.9. The summed E-state index contributed by atoms with van der Waals surface area (Å²) < 4.78 is 5.16. The highest BCUT2D eigenvalue weighted by Crippen LogP contribution is 2.27. The van der Waals surface area contributed by atoms with E-state index < -0.39 is 16.4 Å². The minimum absolute atomic E-state index is 0.0534. The first-order valence-electron chi connectivity index (χ1n) is 5.96. The third-order valence-electron chi connectivity index (χ3n) is 3.36. The highest BCUT2D eigenvalue weighted by molar-refractivity contribution is 5.77. The van der Waals surface area contributed by atoms with E-state index in [9.17, 15) is 20.0 Å². The fourth-order valence-corrected chi connectivity index (χ4v) is 1.62. The fourth-order valence-electron chi connectivity index (χ4n) is 1.62. The number of nitrogens with zero attached hydrogens (tertiary/aromatic N) is 2. The van der Waals surface area contributed by atoms with E-state index in [-0.39, 0.29) is 12.2 Å². The Morgan fingerprint density at radius 1 is 1.50 bits per heavy atom. The first-order valence-corrected chi connectivity index (χ1v) is 5.96. The number of hydrogen-bond acceptors (Lipinski definition) is 5. The normalized spacial score (nSPS) is 11.4. The van der Waals surface area contributed by atoms with Crippen LogP contribution in [0, 0.1) is 10.1 Å². The molecule has 7 heteroatoms. The fraction of sp³-hybridized carbons (Fsp3) is 0.462. The molecule has 0 saturated carbocycles. The molecule has 0 aliphatic heterocycles. The summed E-state index contributed by atoms with van der Waals surface area (Å²) in [5, 5.41) is 20.0. The monoisotopic (exact) mass is 282 g/mol. The Bertz CT molecular complexity index is 527. The van der Waals surface area contributed by atoms with Crippen molar-refractivity contribution in [1.82, 2.24) is 4.90 Å². The summed E-state index contributed by atoms with van der Waals surface area (Å²) >= 11 is 0. The highest BCUT2D eigenvalue weighted by Gasteiger charge is 2.32. The van der Waals surface area contributed by atoms with E-state index in [4.69, 9.17) is 4.74 Å². The van der Waals surface area contributed by atoms with Gasteiger partial charge in [0.15, 0.2) is 0 Å². The van der Waals surface area contributed by atoms with Gasteiger partial charge in [0, 0.05) is 24.2 Å². The molecule has 0 saturated heterocycles. The maximum absolute atomic E-state index is 11.2. The van der Waals surface area contributed by atoms with E-state index in [1.807, 2.05) is 0 Å². The van der Waals surface area contributed by atoms with Crippen LogP contribution < -0.4 is 4.74 Å². The zero-order valence-electron chi connectivity index (χ0n) is 11.9. The molecule has 0 bridgehead atoms. The molecule has 20 heavy (non-hydrogen) atoms. The number of rotatable bonds is 6. The third-order valence-corrected chi connectivity index (χ3v) is 3.36. The first kappa shape index (κ1) is 15.9. The Morgan fingerprint density at radius 3 is 2.55 bits per heavy atom. The number of benzene rings is 1. The second-order valence-electron chi connectivity index (χ2n) is 4.97. The SMILES string of the molecule is COc1ccc([N+](=O)[O-])cc1CN(C)C(C)(C)C(=O)O. The van der Waals surface area contributed by atoms with Gasteiger partial charge in [-0.05, 0) is 27.0 Å². The van der Waals surface area contributed by atoms with Gasteiger partial charge < -0.3 is 9.84 Å². The number of nitro groups is 1. The number of nitro benzene ring substituents is 1. The van der Waals surface area contributed by atoms with Gasteiger partial charge in [-0.2, -0.15) is 0 Å². The molecule has 0 atom stereocenters. The van der Waals surface area contributed by atoms with Crippen molar-refractivity contribution >= 4 is 11.7 Å². The van der Waals surface area contributed by atoms with Crippen molar-refractivity contribution in [3.8, 4) is 5.75 Å². The largest absolute Gasteiger partial charge is 0.496 e. The maximum Gasteiger partial charge on any atom is 0.323 e. The summed E-state index contributed by atoms with van der Waals surface area (Å²) in [7, 11) is 3.11. The minimum atomic E-state index is -1.09. The molecule has 1 N–H and O–H groups in total. The molecular weight excluding hydrogens is 264 g/mol. The number of hydrogen-bond donors (Lipinski definition) is 1. The van der Waals surface area contributed by atoms with Crippen molar-refractivity contribution in [2.75, 3.05) is 14.2 Å². The van der Waals surface area contributed by atoms with Gasteiger partial charge in [0.05, 0.1) is 12.0 Å². The predicted octanol–water partition coefficient (Wildman–Crippen LogP) is 1.90. The van der Waals surface area contributed by atoms with Crippen molar-refractivity contribution < 1.29 is 19.6 Å². The van der Waals surface area contributed by atoms with E-state index in [0.29, 0.717) is 11.3 Å². The molecule has 0 radical (unpaired) electrons. The Kier molecular flexibility index (Phi) is 4.67. The number of aliphatic carboxylic acids is 1. The molecule has 110 valence electrons. The van der Waals surface area contributed by atoms with E-state index >= 15 is 0 Å². The van der Waals surface area contributed by atoms with Crippen LogP contribution in [-0.4, -0.2) is 40.6 Å². The molecule has 1 aromatic carbocycles. The Morgan fingerprint density at radius 2 is 2.10 bits per heavy atom. The Labute approximate surface area is 116 Å². The molecular formula is C13H18N2O5. The van der Waals surface area contributed by atoms with Crippen molar-refractivity contribution in [2.24, 2.45) is 0 Å².